The molecule has 0 radical (unpaired) electrons. The van der Waals surface area contributed by atoms with Crippen molar-refractivity contribution >= 4 is 23.6 Å². The SMILES string of the molecule is O=C1OC(c2ccc([N+](=O)[O-])cc2)=NC1=Cc1cccnc1. The zero-order valence-corrected chi connectivity index (χ0v) is 11.2. The molecule has 108 valence electrons. The van der Waals surface area contributed by atoms with Crippen LogP contribution in [0.1, 0.15) is 11.1 Å². The Morgan fingerprint density at radius 2 is 1.95 bits per heavy atom. The molecule has 0 N–H and O–H groups in total. The van der Waals surface area contributed by atoms with Gasteiger partial charge in [-0.2, -0.15) is 0 Å². The van der Waals surface area contributed by atoms with Gasteiger partial charge in [0.05, 0.1) is 4.92 Å². The highest BCUT2D eigenvalue weighted by atomic mass is 16.6. The van der Waals surface area contributed by atoms with E-state index in [2.05, 4.69) is 9.98 Å². The molecule has 7 nitrogen and oxygen atoms in total. The van der Waals surface area contributed by atoms with Gasteiger partial charge in [-0.15, -0.1) is 0 Å². The van der Waals surface area contributed by atoms with Crippen molar-refractivity contribution in [2.45, 2.75) is 0 Å². The minimum absolute atomic E-state index is 0.0419. The number of hydrogen-bond acceptors (Lipinski definition) is 6. The molecule has 0 bridgehead atoms. The standard InChI is InChI=1S/C15H9N3O4/c19-15-13(8-10-2-1-7-16-9-10)17-14(22-15)11-3-5-12(6-4-11)18(20)21/h1-9H. The first kappa shape index (κ1) is 13.6. The Morgan fingerprint density at radius 1 is 1.18 bits per heavy atom. The Labute approximate surface area is 124 Å². The number of non-ortho nitro benzene ring substituents is 1. The van der Waals surface area contributed by atoms with Crippen molar-refractivity contribution in [3.63, 3.8) is 0 Å². The predicted octanol–water partition coefficient (Wildman–Crippen LogP) is 2.33. The van der Waals surface area contributed by atoms with E-state index in [9.17, 15) is 14.9 Å². The van der Waals surface area contributed by atoms with Crippen LogP contribution in [0.25, 0.3) is 6.08 Å². The van der Waals surface area contributed by atoms with E-state index in [-0.39, 0.29) is 17.3 Å². The van der Waals surface area contributed by atoms with Gasteiger partial charge in [0.15, 0.2) is 5.70 Å². The van der Waals surface area contributed by atoms with Crippen LogP contribution in [0.4, 0.5) is 5.69 Å². The molecule has 0 spiro atoms. The van der Waals surface area contributed by atoms with Crippen molar-refractivity contribution in [2.24, 2.45) is 4.99 Å². The molecule has 0 saturated carbocycles. The summed E-state index contributed by atoms with van der Waals surface area (Å²) >= 11 is 0. The van der Waals surface area contributed by atoms with Crippen molar-refractivity contribution in [2.75, 3.05) is 0 Å². The van der Waals surface area contributed by atoms with E-state index in [4.69, 9.17) is 4.74 Å². The summed E-state index contributed by atoms with van der Waals surface area (Å²) in [5.74, 6) is -0.452. The average molecular weight is 295 g/mol. The number of pyridine rings is 1. The van der Waals surface area contributed by atoms with Gasteiger partial charge in [0.25, 0.3) is 5.69 Å². The van der Waals surface area contributed by atoms with Gasteiger partial charge in [0.2, 0.25) is 5.90 Å². The zero-order valence-electron chi connectivity index (χ0n) is 11.2. The molecular weight excluding hydrogens is 286 g/mol. The lowest BCUT2D eigenvalue weighted by Crippen LogP contribution is -2.05. The topological polar surface area (TPSA) is 94.7 Å². The maximum Gasteiger partial charge on any atom is 0.363 e. The summed E-state index contributed by atoms with van der Waals surface area (Å²) in [7, 11) is 0. The van der Waals surface area contributed by atoms with Gasteiger partial charge in [-0.1, -0.05) is 6.07 Å². The van der Waals surface area contributed by atoms with Crippen molar-refractivity contribution in [1.82, 2.24) is 4.98 Å². The summed E-state index contributed by atoms with van der Waals surface area (Å²) in [4.78, 5) is 30.0. The van der Waals surface area contributed by atoms with E-state index >= 15 is 0 Å². The lowest BCUT2D eigenvalue weighted by molar-refractivity contribution is -0.384. The number of ether oxygens (including phenoxy) is 1. The molecule has 1 aromatic heterocycles. The van der Waals surface area contributed by atoms with Gasteiger partial charge in [-0.25, -0.2) is 9.79 Å². The minimum atomic E-state index is -0.572. The third-order valence-electron chi connectivity index (χ3n) is 2.93. The Balaban J connectivity index is 1.90. The number of cyclic esters (lactones) is 1. The van der Waals surface area contributed by atoms with Crippen LogP contribution in [0.5, 0.6) is 0 Å². The fraction of sp³-hybridized carbons (Fsp3) is 0. The highest BCUT2D eigenvalue weighted by Gasteiger charge is 2.24. The number of carbonyl (C=O) groups is 1. The fourth-order valence-electron chi connectivity index (χ4n) is 1.88. The molecule has 22 heavy (non-hydrogen) atoms. The summed E-state index contributed by atoms with van der Waals surface area (Å²) in [6.45, 7) is 0. The smallest absolute Gasteiger partial charge is 0.363 e. The largest absolute Gasteiger partial charge is 0.402 e. The van der Waals surface area contributed by atoms with Crippen LogP contribution in [0, 0.1) is 10.1 Å². The Bertz CT molecular complexity index is 795. The molecule has 1 aliphatic rings. The van der Waals surface area contributed by atoms with Crippen LogP contribution in [0.15, 0.2) is 59.5 Å². The quantitative estimate of drug-likeness (QED) is 0.375. The Morgan fingerprint density at radius 3 is 2.59 bits per heavy atom. The second-order valence-electron chi connectivity index (χ2n) is 4.43. The number of carbonyl (C=O) groups excluding carboxylic acids is 1. The first-order valence-corrected chi connectivity index (χ1v) is 6.31. The highest BCUT2D eigenvalue weighted by Crippen LogP contribution is 2.20. The normalized spacial score (nSPS) is 15.5. The van der Waals surface area contributed by atoms with E-state index in [0.29, 0.717) is 5.56 Å². The number of aliphatic imine (C=N–C) groups is 1. The molecule has 7 heteroatoms. The number of nitro benzene ring substituents is 1. The summed E-state index contributed by atoms with van der Waals surface area (Å²) in [5.41, 5.74) is 1.33. The fourth-order valence-corrected chi connectivity index (χ4v) is 1.88. The number of benzene rings is 1. The van der Waals surface area contributed by atoms with E-state index in [1.807, 2.05) is 0 Å². The zero-order chi connectivity index (χ0) is 15.5. The van der Waals surface area contributed by atoms with Crippen molar-refractivity contribution in [3.8, 4) is 0 Å². The van der Waals surface area contributed by atoms with E-state index in [1.54, 1.807) is 30.6 Å². The number of esters is 1. The van der Waals surface area contributed by atoms with Crippen molar-refractivity contribution < 1.29 is 14.5 Å². The van der Waals surface area contributed by atoms with Crippen LogP contribution in [0.3, 0.4) is 0 Å². The Kier molecular flexibility index (Phi) is 3.45. The van der Waals surface area contributed by atoms with Crippen LogP contribution in [-0.2, 0) is 9.53 Å². The number of hydrogen-bond donors (Lipinski definition) is 0. The molecule has 0 saturated heterocycles. The molecule has 1 aromatic carbocycles. The van der Waals surface area contributed by atoms with E-state index < -0.39 is 10.9 Å². The number of nitrogens with zero attached hydrogens (tertiary/aromatic N) is 3. The second kappa shape index (κ2) is 5.57. The minimum Gasteiger partial charge on any atom is -0.402 e. The molecule has 0 amide bonds. The van der Waals surface area contributed by atoms with Gasteiger partial charge >= 0.3 is 5.97 Å². The number of rotatable bonds is 3. The molecule has 2 heterocycles. The van der Waals surface area contributed by atoms with Crippen molar-refractivity contribution in [3.05, 3.63) is 75.7 Å². The van der Waals surface area contributed by atoms with Gasteiger partial charge in [0, 0.05) is 30.1 Å². The van der Waals surface area contributed by atoms with E-state index in [0.717, 1.165) is 5.56 Å². The third-order valence-corrected chi connectivity index (χ3v) is 2.93. The predicted molar refractivity (Wildman–Crippen MR) is 77.9 cm³/mol. The van der Waals surface area contributed by atoms with Crippen LogP contribution >= 0.6 is 0 Å². The maximum atomic E-state index is 11.8. The number of nitro groups is 1. The summed E-state index contributed by atoms with van der Waals surface area (Å²) < 4.78 is 5.09. The molecular formula is C15H9N3O4. The molecule has 0 unspecified atom stereocenters. The lowest BCUT2D eigenvalue weighted by atomic mass is 10.2. The van der Waals surface area contributed by atoms with Crippen molar-refractivity contribution in [1.29, 1.82) is 0 Å². The number of aromatic nitrogens is 1. The van der Waals surface area contributed by atoms with Crippen LogP contribution < -0.4 is 0 Å². The summed E-state index contributed by atoms with van der Waals surface area (Å²) in [5, 5.41) is 10.6. The van der Waals surface area contributed by atoms with Gasteiger partial charge in [0.1, 0.15) is 0 Å². The molecule has 0 fully saturated rings. The molecule has 0 aliphatic carbocycles. The van der Waals surface area contributed by atoms with E-state index in [1.165, 1.54) is 24.3 Å². The first-order chi connectivity index (χ1) is 10.6. The monoisotopic (exact) mass is 295 g/mol. The molecule has 3 rings (SSSR count). The summed E-state index contributed by atoms with van der Waals surface area (Å²) in [6, 6.07) is 9.15. The Hall–Kier alpha value is -3.35. The average Bonchev–Trinajstić information content (AvgIpc) is 2.89. The van der Waals surface area contributed by atoms with Gasteiger partial charge in [-0.3, -0.25) is 15.1 Å². The van der Waals surface area contributed by atoms with Crippen LogP contribution in [-0.4, -0.2) is 21.8 Å². The molecule has 0 atom stereocenters. The second-order valence-corrected chi connectivity index (χ2v) is 4.43. The molecule has 1 aliphatic heterocycles. The third kappa shape index (κ3) is 2.73. The first-order valence-electron chi connectivity index (χ1n) is 6.31. The highest BCUT2D eigenvalue weighted by molar-refractivity contribution is 6.12. The maximum absolute atomic E-state index is 11.8. The van der Waals surface area contributed by atoms with Gasteiger partial charge < -0.3 is 4.74 Å². The lowest BCUT2D eigenvalue weighted by Gasteiger charge is -1.98. The van der Waals surface area contributed by atoms with Gasteiger partial charge in [-0.05, 0) is 29.8 Å². The van der Waals surface area contributed by atoms with Crippen LogP contribution in [0.2, 0.25) is 0 Å². The summed E-state index contributed by atoms with van der Waals surface area (Å²) in [6.07, 6.45) is 4.79. The molecule has 2 aromatic rings.